The van der Waals surface area contributed by atoms with Crippen molar-refractivity contribution in [1.29, 1.82) is 0 Å². The van der Waals surface area contributed by atoms with Crippen LogP contribution in [0, 0.1) is 0 Å². The first-order valence-electron chi connectivity index (χ1n) is 7.25. The first-order chi connectivity index (χ1) is 8.36. The number of rotatable bonds is 3. The summed E-state index contributed by atoms with van der Waals surface area (Å²) in [4.78, 5) is 14.2. The van der Waals surface area contributed by atoms with Crippen LogP contribution in [0.5, 0.6) is 0 Å². The molecule has 0 aromatic rings. The summed E-state index contributed by atoms with van der Waals surface area (Å²) >= 11 is 1.91. The lowest BCUT2D eigenvalue weighted by Crippen LogP contribution is -2.33. The Balaban J connectivity index is 1.68. The Labute approximate surface area is 110 Å². The van der Waals surface area contributed by atoms with Crippen LogP contribution < -0.4 is 0 Å². The zero-order valence-corrected chi connectivity index (χ0v) is 11.6. The Kier molecular flexibility index (Phi) is 5.69. The van der Waals surface area contributed by atoms with Crippen LogP contribution in [0.3, 0.4) is 0 Å². The number of amides is 1. The molecule has 1 aliphatic carbocycles. The average Bonchev–Trinajstić information content (AvgIpc) is 2.66. The summed E-state index contributed by atoms with van der Waals surface area (Å²) in [5.41, 5.74) is 0. The van der Waals surface area contributed by atoms with Gasteiger partial charge in [0.25, 0.3) is 0 Å². The van der Waals surface area contributed by atoms with Crippen LogP contribution in [0.15, 0.2) is 0 Å². The van der Waals surface area contributed by atoms with E-state index in [1.807, 2.05) is 11.8 Å². The predicted octanol–water partition coefficient (Wildman–Crippen LogP) is 3.45. The summed E-state index contributed by atoms with van der Waals surface area (Å²) in [5.74, 6) is 1.12. The van der Waals surface area contributed by atoms with Crippen LogP contribution >= 0.6 is 11.8 Å². The van der Waals surface area contributed by atoms with Gasteiger partial charge in [-0.2, -0.15) is 0 Å². The molecule has 0 spiro atoms. The molecule has 0 radical (unpaired) electrons. The van der Waals surface area contributed by atoms with Crippen molar-refractivity contribution in [3.8, 4) is 0 Å². The smallest absolute Gasteiger partial charge is 0.232 e. The fraction of sp³-hybridized carbons (Fsp3) is 0.929. The van der Waals surface area contributed by atoms with Crippen LogP contribution in [0.4, 0.5) is 0 Å². The summed E-state index contributed by atoms with van der Waals surface area (Å²) in [5, 5.41) is 0.764. The summed E-state index contributed by atoms with van der Waals surface area (Å²) in [6, 6.07) is 0. The fourth-order valence-electron chi connectivity index (χ4n) is 2.83. The number of carbonyl (C=O) groups excluding carboxylic acids is 1. The topological polar surface area (TPSA) is 20.3 Å². The second-order valence-corrected chi connectivity index (χ2v) is 6.65. The number of thioether (sulfide) groups is 1. The maximum absolute atomic E-state index is 12.1. The molecular weight excluding hydrogens is 230 g/mol. The number of hydrogen-bond donors (Lipinski definition) is 0. The minimum absolute atomic E-state index is 0.391. The van der Waals surface area contributed by atoms with Gasteiger partial charge in [0.05, 0.1) is 5.75 Å². The molecule has 2 rings (SSSR count). The van der Waals surface area contributed by atoms with E-state index in [4.69, 9.17) is 0 Å². The fourth-order valence-corrected chi connectivity index (χ4v) is 4.06. The largest absolute Gasteiger partial charge is 0.342 e. The third-order valence-corrected chi connectivity index (χ3v) is 5.31. The molecule has 2 nitrogen and oxygen atoms in total. The quantitative estimate of drug-likeness (QED) is 0.770. The molecule has 0 atom stereocenters. The zero-order chi connectivity index (χ0) is 11.9. The molecule has 0 unspecified atom stereocenters. The van der Waals surface area contributed by atoms with E-state index in [0.29, 0.717) is 5.91 Å². The van der Waals surface area contributed by atoms with Crippen molar-refractivity contribution in [2.75, 3.05) is 18.8 Å². The SMILES string of the molecule is O=C(CSC1CCCCC1)N1CCCCCC1. The number of likely N-dealkylation sites (tertiary alicyclic amines) is 1. The van der Waals surface area contributed by atoms with Gasteiger partial charge in [0.1, 0.15) is 0 Å². The Bertz CT molecular complexity index is 230. The molecular formula is C14H25NOS. The van der Waals surface area contributed by atoms with Crippen molar-refractivity contribution in [2.24, 2.45) is 0 Å². The molecule has 0 N–H and O–H groups in total. The Morgan fingerprint density at radius 1 is 0.941 bits per heavy atom. The van der Waals surface area contributed by atoms with E-state index < -0.39 is 0 Å². The minimum atomic E-state index is 0.391. The van der Waals surface area contributed by atoms with E-state index in [9.17, 15) is 4.79 Å². The first kappa shape index (κ1) is 13.3. The van der Waals surface area contributed by atoms with Crippen LogP contribution in [0.2, 0.25) is 0 Å². The van der Waals surface area contributed by atoms with Gasteiger partial charge >= 0.3 is 0 Å². The van der Waals surface area contributed by atoms with E-state index in [1.54, 1.807) is 0 Å². The molecule has 0 aromatic heterocycles. The maximum atomic E-state index is 12.1. The van der Waals surface area contributed by atoms with Gasteiger partial charge in [0.15, 0.2) is 0 Å². The van der Waals surface area contributed by atoms with Crippen molar-refractivity contribution in [3.05, 3.63) is 0 Å². The lowest BCUT2D eigenvalue weighted by molar-refractivity contribution is -0.128. The summed E-state index contributed by atoms with van der Waals surface area (Å²) in [6.07, 6.45) is 11.8. The lowest BCUT2D eigenvalue weighted by atomic mass is 10.0. The van der Waals surface area contributed by atoms with Gasteiger partial charge in [0, 0.05) is 18.3 Å². The average molecular weight is 255 g/mol. The predicted molar refractivity (Wildman–Crippen MR) is 74.4 cm³/mol. The van der Waals surface area contributed by atoms with Crippen molar-refractivity contribution in [2.45, 2.75) is 63.0 Å². The standard InChI is InChI=1S/C14H25NOS/c16-14(15-10-6-1-2-7-11-15)12-17-13-8-4-3-5-9-13/h13H,1-12H2. The number of nitrogens with zero attached hydrogens (tertiary/aromatic N) is 1. The molecule has 1 saturated carbocycles. The molecule has 1 aliphatic heterocycles. The van der Waals surface area contributed by atoms with Gasteiger partial charge in [-0.3, -0.25) is 4.79 Å². The maximum Gasteiger partial charge on any atom is 0.232 e. The van der Waals surface area contributed by atoms with Crippen LogP contribution in [0.25, 0.3) is 0 Å². The third kappa shape index (κ3) is 4.53. The van der Waals surface area contributed by atoms with Gasteiger partial charge in [-0.1, -0.05) is 32.1 Å². The normalized spacial score (nSPS) is 23.4. The molecule has 0 bridgehead atoms. The van der Waals surface area contributed by atoms with E-state index in [0.717, 1.165) is 24.1 Å². The zero-order valence-electron chi connectivity index (χ0n) is 10.8. The van der Waals surface area contributed by atoms with E-state index in [1.165, 1.54) is 57.8 Å². The highest BCUT2D eigenvalue weighted by molar-refractivity contribution is 8.00. The van der Waals surface area contributed by atoms with E-state index in [-0.39, 0.29) is 0 Å². The van der Waals surface area contributed by atoms with Crippen LogP contribution in [-0.4, -0.2) is 34.9 Å². The molecule has 3 heteroatoms. The molecule has 2 aliphatic rings. The Hall–Kier alpha value is -0.180. The number of carbonyl (C=O) groups is 1. The summed E-state index contributed by atoms with van der Waals surface area (Å²) in [7, 11) is 0. The summed E-state index contributed by atoms with van der Waals surface area (Å²) in [6.45, 7) is 2.01. The van der Waals surface area contributed by atoms with Crippen LogP contribution in [0.1, 0.15) is 57.8 Å². The minimum Gasteiger partial charge on any atom is -0.342 e. The second kappa shape index (κ2) is 7.30. The molecule has 1 heterocycles. The Morgan fingerprint density at radius 2 is 1.53 bits per heavy atom. The molecule has 2 fully saturated rings. The number of hydrogen-bond acceptors (Lipinski definition) is 2. The first-order valence-corrected chi connectivity index (χ1v) is 8.30. The van der Waals surface area contributed by atoms with Gasteiger partial charge in [-0.05, 0) is 25.7 Å². The highest BCUT2D eigenvalue weighted by atomic mass is 32.2. The van der Waals surface area contributed by atoms with Crippen LogP contribution in [-0.2, 0) is 4.79 Å². The molecule has 1 saturated heterocycles. The highest BCUT2D eigenvalue weighted by Gasteiger charge is 2.19. The molecule has 98 valence electrons. The van der Waals surface area contributed by atoms with Gasteiger partial charge < -0.3 is 4.90 Å². The van der Waals surface area contributed by atoms with E-state index >= 15 is 0 Å². The van der Waals surface area contributed by atoms with Gasteiger partial charge in [-0.25, -0.2) is 0 Å². The summed E-state index contributed by atoms with van der Waals surface area (Å²) < 4.78 is 0. The monoisotopic (exact) mass is 255 g/mol. The van der Waals surface area contributed by atoms with Crippen molar-refractivity contribution in [3.63, 3.8) is 0 Å². The van der Waals surface area contributed by atoms with Crippen molar-refractivity contribution < 1.29 is 4.79 Å². The van der Waals surface area contributed by atoms with Crippen molar-refractivity contribution >= 4 is 17.7 Å². The Morgan fingerprint density at radius 3 is 2.18 bits per heavy atom. The third-order valence-electron chi connectivity index (χ3n) is 3.95. The second-order valence-electron chi connectivity index (χ2n) is 5.37. The van der Waals surface area contributed by atoms with Crippen molar-refractivity contribution in [1.82, 2.24) is 4.90 Å². The molecule has 17 heavy (non-hydrogen) atoms. The van der Waals surface area contributed by atoms with Gasteiger partial charge in [-0.15, -0.1) is 11.8 Å². The van der Waals surface area contributed by atoms with E-state index in [2.05, 4.69) is 4.90 Å². The lowest BCUT2D eigenvalue weighted by Gasteiger charge is -2.24. The molecule has 0 aromatic carbocycles. The van der Waals surface area contributed by atoms with Gasteiger partial charge in [0.2, 0.25) is 5.91 Å². The highest BCUT2D eigenvalue weighted by Crippen LogP contribution is 2.28. The molecule has 1 amide bonds.